The molecule has 1 aromatic carbocycles. The van der Waals surface area contributed by atoms with Gasteiger partial charge in [-0.15, -0.1) is 0 Å². The first-order chi connectivity index (χ1) is 13.6. The molecule has 1 aliphatic rings. The van der Waals surface area contributed by atoms with Crippen molar-refractivity contribution in [2.24, 2.45) is 4.99 Å². The fraction of sp³-hybridized carbons (Fsp3) is 0.708. The monoisotopic (exact) mass is 465 g/mol. The molecular weight excluding hydrogens is 426 g/mol. The molecule has 0 amide bonds. The third-order valence-electron chi connectivity index (χ3n) is 6.50. The van der Waals surface area contributed by atoms with Crippen LogP contribution >= 0.6 is 15.9 Å². The molecule has 0 radical (unpaired) electrons. The summed E-state index contributed by atoms with van der Waals surface area (Å²) in [6.07, 6.45) is 15.0. The topological polar surface area (TPSA) is 21.6 Å². The lowest BCUT2D eigenvalue weighted by Gasteiger charge is -2.39. The molecule has 0 aliphatic carbocycles. The number of hydrogen-bond acceptors (Lipinski definition) is 2. The smallest absolute Gasteiger partial charge is 0.180 e. The van der Waals surface area contributed by atoms with Crippen LogP contribution in [0.25, 0.3) is 0 Å². The van der Waals surface area contributed by atoms with Gasteiger partial charge in [-0.25, -0.2) is 0 Å². The Bertz CT molecular complexity index is 597. The van der Waals surface area contributed by atoms with Crippen molar-refractivity contribution in [3.8, 4) is 0 Å². The molecule has 1 aromatic rings. The fourth-order valence-electron chi connectivity index (χ4n) is 4.49. The molecule has 0 saturated heterocycles. The van der Waals surface area contributed by atoms with E-state index in [1.807, 2.05) is 6.21 Å². The Morgan fingerprint density at radius 1 is 1.07 bits per heavy atom. The van der Waals surface area contributed by atoms with E-state index in [9.17, 15) is 0 Å². The number of rotatable bonds is 13. The number of halogens is 1. The van der Waals surface area contributed by atoms with Crippen molar-refractivity contribution in [3.05, 3.63) is 33.8 Å². The summed E-state index contributed by atoms with van der Waals surface area (Å²) in [6.45, 7) is 10.2. The van der Waals surface area contributed by atoms with Gasteiger partial charge in [0.2, 0.25) is 0 Å². The van der Waals surface area contributed by atoms with Gasteiger partial charge in [-0.3, -0.25) is 4.99 Å². The van der Waals surface area contributed by atoms with Gasteiger partial charge in [-0.1, -0.05) is 87.4 Å². The summed E-state index contributed by atoms with van der Waals surface area (Å²) in [5.74, 6) is 0. The summed E-state index contributed by atoms with van der Waals surface area (Å²) >= 11 is 3.71. The molecule has 0 saturated carbocycles. The van der Waals surface area contributed by atoms with Gasteiger partial charge >= 0.3 is 0 Å². The van der Waals surface area contributed by atoms with Crippen molar-refractivity contribution in [1.82, 2.24) is 0 Å². The van der Waals surface area contributed by atoms with Crippen LogP contribution in [0.3, 0.4) is 0 Å². The average molecular weight is 467 g/mol. The van der Waals surface area contributed by atoms with Crippen molar-refractivity contribution in [2.75, 3.05) is 6.61 Å². The lowest BCUT2D eigenvalue weighted by Crippen LogP contribution is -2.36. The van der Waals surface area contributed by atoms with E-state index in [0.29, 0.717) is 5.04 Å². The summed E-state index contributed by atoms with van der Waals surface area (Å²) in [5.41, 5.74) is 2.63. The number of aliphatic imine (C=N–C) groups is 1. The van der Waals surface area contributed by atoms with Crippen LogP contribution in [0.2, 0.25) is 11.6 Å². The average Bonchev–Trinajstić information content (AvgIpc) is 2.72. The quantitative estimate of drug-likeness (QED) is 0.276. The van der Waals surface area contributed by atoms with E-state index >= 15 is 0 Å². The van der Waals surface area contributed by atoms with Gasteiger partial charge in [0.15, 0.2) is 9.04 Å². The first-order valence-corrected chi connectivity index (χ1v) is 14.5. The zero-order valence-corrected chi connectivity index (χ0v) is 21.2. The van der Waals surface area contributed by atoms with Gasteiger partial charge < -0.3 is 4.43 Å². The van der Waals surface area contributed by atoms with Crippen LogP contribution in [0.1, 0.15) is 89.7 Å². The van der Waals surface area contributed by atoms with Crippen LogP contribution in [0.4, 0.5) is 0 Å². The SMILES string of the molecule is CCCCC(CCCC)(CCCC)[SiH](C)OC[C@H]1Cc2c(Br)cccc2C=N1. The van der Waals surface area contributed by atoms with Gasteiger partial charge in [-0.2, -0.15) is 0 Å². The molecule has 1 aliphatic heterocycles. The van der Waals surface area contributed by atoms with Gasteiger partial charge in [0, 0.05) is 10.7 Å². The summed E-state index contributed by atoms with van der Waals surface area (Å²) in [5, 5.41) is 0.471. The van der Waals surface area contributed by atoms with E-state index in [2.05, 4.69) is 61.4 Å². The third-order valence-corrected chi connectivity index (χ3v) is 10.5. The number of nitrogens with zero attached hydrogens (tertiary/aromatic N) is 1. The maximum atomic E-state index is 6.70. The predicted octanol–water partition coefficient (Wildman–Crippen LogP) is 7.47. The molecule has 158 valence electrons. The van der Waals surface area contributed by atoms with Gasteiger partial charge in [-0.05, 0) is 54.5 Å². The number of hydrogen-bond donors (Lipinski definition) is 0. The molecule has 2 nitrogen and oxygen atoms in total. The zero-order valence-electron chi connectivity index (χ0n) is 18.5. The van der Waals surface area contributed by atoms with Crippen LogP contribution in [0.15, 0.2) is 27.7 Å². The Morgan fingerprint density at radius 3 is 2.25 bits per heavy atom. The highest BCUT2D eigenvalue weighted by Crippen LogP contribution is 2.47. The van der Waals surface area contributed by atoms with Crippen LogP contribution in [-0.4, -0.2) is 27.9 Å². The van der Waals surface area contributed by atoms with Crippen LogP contribution in [-0.2, 0) is 10.8 Å². The largest absolute Gasteiger partial charge is 0.418 e. The second-order valence-electron chi connectivity index (χ2n) is 8.59. The van der Waals surface area contributed by atoms with Crippen LogP contribution in [0, 0.1) is 0 Å². The van der Waals surface area contributed by atoms with Crippen molar-refractivity contribution in [1.29, 1.82) is 0 Å². The van der Waals surface area contributed by atoms with Crippen molar-refractivity contribution in [3.63, 3.8) is 0 Å². The molecular formula is C24H40BrNOSi. The Balaban J connectivity index is 2.03. The molecule has 0 N–H and O–H groups in total. The predicted molar refractivity (Wildman–Crippen MR) is 129 cm³/mol. The van der Waals surface area contributed by atoms with E-state index in [0.717, 1.165) is 13.0 Å². The minimum absolute atomic E-state index is 0.266. The summed E-state index contributed by atoms with van der Waals surface area (Å²) in [4.78, 5) is 4.80. The lowest BCUT2D eigenvalue weighted by atomic mass is 9.89. The molecule has 4 heteroatoms. The zero-order chi connectivity index (χ0) is 20.4. The first-order valence-electron chi connectivity index (χ1n) is 11.5. The Labute approximate surface area is 183 Å². The third kappa shape index (κ3) is 6.53. The van der Waals surface area contributed by atoms with Crippen molar-refractivity contribution in [2.45, 2.75) is 103 Å². The molecule has 1 unspecified atom stereocenters. The van der Waals surface area contributed by atoms with Crippen LogP contribution < -0.4 is 0 Å². The fourth-order valence-corrected chi connectivity index (χ4v) is 7.73. The summed E-state index contributed by atoms with van der Waals surface area (Å²) in [7, 11) is -1.30. The lowest BCUT2D eigenvalue weighted by molar-refractivity contribution is 0.251. The highest BCUT2D eigenvalue weighted by atomic mass is 79.9. The van der Waals surface area contributed by atoms with Gasteiger partial charge in [0.05, 0.1) is 12.6 Å². The summed E-state index contributed by atoms with van der Waals surface area (Å²) in [6, 6.07) is 6.65. The molecule has 0 spiro atoms. The van der Waals surface area contributed by atoms with E-state index in [1.54, 1.807) is 0 Å². The highest BCUT2D eigenvalue weighted by Gasteiger charge is 2.37. The maximum Gasteiger partial charge on any atom is 0.180 e. The Kier molecular flexibility index (Phi) is 10.5. The van der Waals surface area contributed by atoms with Gasteiger partial charge in [0.25, 0.3) is 0 Å². The van der Waals surface area contributed by atoms with Crippen molar-refractivity contribution >= 4 is 31.2 Å². The second kappa shape index (κ2) is 12.3. The normalized spacial score (nSPS) is 17.5. The molecule has 0 aromatic heterocycles. The molecule has 1 heterocycles. The summed E-state index contributed by atoms with van der Waals surface area (Å²) < 4.78 is 7.91. The van der Waals surface area contributed by atoms with E-state index in [-0.39, 0.29) is 6.04 Å². The maximum absolute atomic E-state index is 6.70. The molecule has 2 rings (SSSR count). The molecule has 0 fully saturated rings. The van der Waals surface area contributed by atoms with E-state index < -0.39 is 9.04 Å². The first kappa shape index (κ1) is 23.8. The molecule has 0 bridgehead atoms. The minimum Gasteiger partial charge on any atom is -0.418 e. The van der Waals surface area contributed by atoms with Crippen molar-refractivity contribution < 1.29 is 4.43 Å². The Morgan fingerprint density at radius 2 is 1.68 bits per heavy atom. The molecule has 28 heavy (non-hydrogen) atoms. The van der Waals surface area contributed by atoms with E-state index in [1.165, 1.54) is 73.4 Å². The Hall–Kier alpha value is -0.453. The van der Waals surface area contributed by atoms with E-state index in [4.69, 9.17) is 9.42 Å². The van der Waals surface area contributed by atoms with Gasteiger partial charge in [0.1, 0.15) is 0 Å². The second-order valence-corrected chi connectivity index (χ2v) is 12.3. The minimum atomic E-state index is -1.30. The van der Waals surface area contributed by atoms with Crippen LogP contribution in [0.5, 0.6) is 0 Å². The number of unbranched alkanes of at least 4 members (excludes halogenated alkanes) is 3. The molecule has 2 atom stereocenters. The standard InChI is InChI=1S/C24H40BrNOSi/c1-5-8-14-24(15-9-6-2,16-10-7-3)28(4)27-19-21-17-22-20(18-26-21)12-11-13-23(22)25/h11-13,18,21,28H,5-10,14-17,19H2,1-4H3/t21-,28?/m1/s1. The number of benzene rings is 1. The number of fused-ring (bicyclic) bond motifs is 1. The highest BCUT2D eigenvalue weighted by molar-refractivity contribution is 9.10.